The van der Waals surface area contributed by atoms with Crippen LogP contribution in [0.2, 0.25) is 0 Å². The van der Waals surface area contributed by atoms with Crippen molar-refractivity contribution >= 4 is 12.1 Å². The molecule has 0 aromatic heterocycles. The van der Waals surface area contributed by atoms with Crippen LogP contribution in [0, 0.1) is 0 Å². The third-order valence-electron chi connectivity index (χ3n) is 6.01. The largest absolute Gasteiger partial charge is 0.548 e. The summed E-state index contributed by atoms with van der Waals surface area (Å²) in [5, 5.41) is 14.2. The highest BCUT2D eigenvalue weighted by Crippen LogP contribution is 2.44. The Morgan fingerprint density at radius 2 is 1.61 bits per heavy atom. The van der Waals surface area contributed by atoms with Crippen LogP contribution in [0.1, 0.15) is 62.5 Å². The van der Waals surface area contributed by atoms with Crippen molar-refractivity contribution in [2.45, 2.75) is 56.9 Å². The lowest BCUT2D eigenvalue weighted by Crippen LogP contribution is -2.58. The SMILES string of the molecule is C=CCCCCCC[C@](C)(NC(=O)OCC1c2ccccc2-c2ccccc21)C(=O)[O-]. The fourth-order valence-electron chi connectivity index (χ4n) is 4.20. The highest BCUT2D eigenvalue weighted by molar-refractivity contribution is 5.83. The van der Waals surface area contributed by atoms with Gasteiger partial charge in [-0.1, -0.05) is 73.9 Å². The Balaban J connectivity index is 1.58. The summed E-state index contributed by atoms with van der Waals surface area (Å²) >= 11 is 0. The van der Waals surface area contributed by atoms with E-state index in [9.17, 15) is 14.7 Å². The van der Waals surface area contributed by atoms with Gasteiger partial charge in [0.15, 0.2) is 0 Å². The van der Waals surface area contributed by atoms with Crippen LogP contribution in [0.5, 0.6) is 0 Å². The molecule has 0 saturated heterocycles. The predicted octanol–water partition coefficient (Wildman–Crippen LogP) is 4.56. The number of nitrogens with one attached hydrogen (secondary N) is 1. The number of carbonyl (C=O) groups excluding carboxylic acids is 2. The number of carboxylic acids is 1. The van der Waals surface area contributed by atoms with Crippen LogP contribution in [-0.4, -0.2) is 24.2 Å². The maximum atomic E-state index is 12.5. The number of fused-ring (bicyclic) bond motifs is 3. The molecule has 1 aliphatic rings. The molecule has 0 aliphatic heterocycles. The second-order valence-corrected chi connectivity index (χ2v) is 8.31. The van der Waals surface area contributed by atoms with E-state index in [1.807, 2.05) is 42.5 Å². The van der Waals surface area contributed by atoms with Crippen molar-refractivity contribution in [2.75, 3.05) is 6.61 Å². The third kappa shape index (κ3) is 5.35. The van der Waals surface area contributed by atoms with Crippen molar-refractivity contribution in [1.82, 2.24) is 5.32 Å². The molecule has 0 unspecified atom stereocenters. The van der Waals surface area contributed by atoms with E-state index in [-0.39, 0.29) is 12.5 Å². The summed E-state index contributed by atoms with van der Waals surface area (Å²) in [6.45, 7) is 5.32. The van der Waals surface area contributed by atoms with Gasteiger partial charge in [-0.05, 0) is 48.4 Å². The van der Waals surface area contributed by atoms with Crippen LogP contribution in [0.3, 0.4) is 0 Å². The minimum Gasteiger partial charge on any atom is -0.548 e. The van der Waals surface area contributed by atoms with Gasteiger partial charge in [0.25, 0.3) is 0 Å². The molecule has 5 heteroatoms. The monoisotopic (exact) mass is 420 g/mol. The number of rotatable bonds is 11. The van der Waals surface area contributed by atoms with Gasteiger partial charge in [-0.25, -0.2) is 4.79 Å². The Morgan fingerprint density at radius 1 is 1.03 bits per heavy atom. The normalized spacial score (nSPS) is 14.2. The number of carboxylic acid groups (broad SMARTS) is 1. The molecule has 2 aromatic carbocycles. The number of allylic oxidation sites excluding steroid dienone is 1. The first kappa shape index (κ1) is 22.6. The molecule has 0 spiro atoms. The lowest BCUT2D eigenvalue weighted by molar-refractivity contribution is -0.313. The summed E-state index contributed by atoms with van der Waals surface area (Å²) in [7, 11) is 0. The second-order valence-electron chi connectivity index (χ2n) is 8.31. The molecule has 2 aromatic rings. The Bertz CT molecular complexity index is 893. The highest BCUT2D eigenvalue weighted by Gasteiger charge is 2.31. The van der Waals surface area contributed by atoms with Crippen molar-refractivity contribution in [3.8, 4) is 11.1 Å². The summed E-state index contributed by atoms with van der Waals surface area (Å²) < 4.78 is 5.49. The summed E-state index contributed by atoms with van der Waals surface area (Å²) in [4.78, 5) is 24.2. The standard InChI is InChI=1S/C26H31NO4/c1-3-4-5-6-7-12-17-26(2,24(28)29)27-25(30)31-18-23-21-15-10-8-13-19(21)20-14-9-11-16-22(20)23/h3,8-11,13-16,23H,1,4-7,12,17-18H2,2H3,(H,27,30)(H,28,29)/p-1/t26-/m0/s1. The smallest absolute Gasteiger partial charge is 0.407 e. The topological polar surface area (TPSA) is 78.5 Å². The molecule has 0 bridgehead atoms. The molecule has 0 radical (unpaired) electrons. The zero-order valence-electron chi connectivity index (χ0n) is 18.1. The second kappa shape index (κ2) is 10.3. The fraction of sp³-hybridized carbons (Fsp3) is 0.385. The fourth-order valence-corrected chi connectivity index (χ4v) is 4.20. The van der Waals surface area contributed by atoms with E-state index >= 15 is 0 Å². The van der Waals surface area contributed by atoms with E-state index in [1.54, 1.807) is 0 Å². The number of unbranched alkanes of at least 4 members (excludes halogenated alkanes) is 4. The van der Waals surface area contributed by atoms with Crippen LogP contribution < -0.4 is 10.4 Å². The Labute approximate surface area is 184 Å². The van der Waals surface area contributed by atoms with Crippen molar-refractivity contribution in [1.29, 1.82) is 0 Å². The van der Waals surface area contributed by atoms with Gasteiger partial charge >= 0.3 is 6.09 Å². The maximum absolute atomic E-state index is 12.5. The molecule has 164 valence electrons. The van der Waals surface area contributed by atoms with Gasteiger partial charge in [-0.2, -0.15) is 0 Å². The summed E-state index contributed by atoms with van der Waals surface area (Å²) in [6, 6.07) is 16.1. The number of carbonyl (C=O) groups is 2. The molecule has 5 nitrogen and oxygen atoms in total. The molecule has 0 saturated carbocycles. The number of aliphatic carboxylic acids is 1. The molecule has 3 rings (SSSR count). The molecule has 0 fully saturated rings. The van der Waals surface area contributed by atoms with Crippen LogP contribution in [0.4, 0.5) is 4.79 Å². The van der Waals surface area contributed by atoms with Gasteiger partial charge < -0.3 is 20.0 Å². The van der Waals surface area contributed by atoms with Gasteiger partial charge in [0.1, 0.15) is 6.61 Å². The summed E-state index contributed by atoms with van der Waals surface area (Å²) in [6.07, 6.45) is 6.01. The first-order valence-electron chi connectivity index (χ1n) is 10.9. The molecule has 1 amide bonds. The lowest BCUT2D eigenvalue weighted by atomic mass is 9.94. The van der Waals surface area contributed by atoms with E-state index in [1.165, 1.54) is 6.92 Å². The molecule has 1 aliphatic carbocycles. The number of benzene rings is 2. The number of alkyl carbamates (subject to hydrolysis) is 1. The minimum absolute atomic E-state index is 0.0720. The molecular formula is C26H30NO4-. The molecule has 0 heterocycles. The zero-order chi connectivity index (χ0) is 22.3. The summed E-state index contributed by atoms with van der Waals surface area (Å²) in [5.41, 5.74) is 3.05. The Morgan fingerprint density at radius 3 is 2.19 bits per heavy atom. The third-order valence-corrected chi connectivity index (χ3v) is 6.01. The van der Waals surface area contributed by atoms with Gasteiger partial charge in [-0.3, -0.25) is 0 Å². The Hall–Kier alpha value is -3.08. The van der Waals surface area contributed by atoms with Gasteiger partial charge in [0.2, 0.25) is 0 Å². The molecule has 1 atom stereocenters. The van der Waals surface area contributed by atoms with Crippen molar-refractivity contribution in [3.63, 3.8) is 0 Å². The number of amides is 1. The van der Waals surface area contributed by atoms with Crippen LogP contribution in [0.25, 0.3) is 11.1 Å². The first-order valence-corrected chi connectivity index (χ1v) is 10.9. The molecular weight excluding hydrogens is 390 g/mol. The van der Waals surface area contributed by atoms with Crippen LogP contribution in [-0.2, 0) is 9.53 Å². The maximum Gasteiger partial charge on any atom is 0.407 e. The summed E-state index contributed by atoms with van der Waals surface area (Å²) in [5.74, 6) is -1.37. The van der Waals surface area contributed by atoms with Crippen LogP contribution in [0.15, 0.2) is 61.2 Å². The van der Waals surface area contributed by atoms with E-state index in [2.05, 4.69) is 24.0 Å². The number of hydrogen-bond donors (Lipinski definition) is 1. The van der Waals surface area contributed by atoms with Gasteiger partial charge in [0.05, 0.1) is 11.5 Å². The van der Waals surface area contributed by atoms with E-state index in [0.717, 1.165) is 47.9 Å². The number of hydrogen-bond acceptors (Lipinski definition) is 4. The number of ether oxygens (including phenoxy) is 1. The van der Waals surface area contributed by atoms with Crippen molar-refractivity contribution < 1.29 is 19.4 Å². The van der Waals surface area contributed by atoms with Gasteiger partial charge in [0, 0.05) is 5.92 Å². The molecule has 31 heavy (non-hydrogen) atoms. The van der Waals surface area contributed by atoms with Crippen molar-refractivity contribution in [3.05, 3.63) is 72.3 Å². The quantitative estimate of drug-likeness (QED) is 0.427. The van der Waals surface area contributed by atoms with E-state index in [4.69, 9.17) is 4.74 Å². The lowest BCUT2D eigenvalue weighted by Gasteiger charge is -2.31. The minimum atomic E-state index is -1.46. The highest BCUT2D eigenvalue weighted by atomic mass is 16.5. The zero-order valence-corrected chi connectivity index (χ0v) is 18.1. The Kier molecular flexibility index (Phi) is 7.50. The first-order chi connectivity index (χ1) is 15.0. The van der Waals surface area contributed by atoms with Crippen molar-refractivity contribution in [2.24, 2.45) is 0 Å². The average molecular weight is 421 g/mol. The van der Waals surface area contributed by atoms with Gasteiger partial charge in [-0.15, -0.1) is 6.58 Å². The average Bonchev–Trinajstić information content (AvgIpc) is 3.08. The van der Waals surface area contributed by atoms with E-state index < -0.39 is 17.6 Å². The molecule has 1 N–H and O–H groups in total. The van der Waals surface area contributed by atoms with Crippen LogP contribution >= 0.6 is 0 Å². The van der Waals surface area contributed by atoms with E-state index in [0.29, 0.717) is 12.8 Å². The predicted molar refractivity (Wildman–Crippen MR) is 120 cm³/mol.